The fourth-order valence-electron chi connectivity index (χ4n) is 3.44. The van der Waals surface area contributed by atoms with E-state index in [1.807, 2.05) is 41.8 Å². The fraction of sp³-hybridized carbons (Fsp3) is 0.200. The average Bonchev–Trinajstić information content (AvgIpc) is 3.53. The number of amides is 1. The Bertz CT molecular complexity index is 1130. The van der Waals surface area contributed by atoms with Gasteiger partial charge in [0, 0.05) is 12.0 Å². The number of methoxy groups -OCH3 is 1. The molecule has 0 fully saturated rings. The summed E-state index contributed by atoms with van der Waals surface area (Å²) in [5.41, 5.74) is 2.66. The molecule has 9 heteroatoms. The Labute approximate surface area is 170 Å². The predicted octanol–water partition coefficient (Wildman–Crippen LogP) is 3.47. The van der Waals surface area contributed by atoms with Gasteiger partial charge in [0.2, 0.25) is 11.7 Å². The van der Waals surface area contributed by atoms with Gasteiger partial charge in [-0.3, -0.25) is 4.79 Å². The number of benzene rings is 1. The number of hydrogen-bond donors (Lipinski definition) is 1. The van der Waals surface area contributed by atoms with Crippen LogP contribution in [0, 0.1) is 0 Å². The van der Waals surface area contributed by atoms with Crippen LogP contribution in [0.2, 0.25) is 0 Å². The van der Waals surface area contributed by atoms with Crippen molar-refractivity contribution in [3.8, 4) is 17.1 Å². The number of nitrogens with one attached hydrogen (secondary N) is 1. The maximum absolute atomic E-state index is 13.1. The summed E-state index contributed by atoms with van der Waals surface area (Å²) in [6.45, 7) is 0.414. The van der Waals surface area contributed by atoms with Crippen LogP contribution in [0.4, 0.5) is 0 Å². The van der Waals surface area contributed by atoms with Crippen molar-refractivity contribution in [3.05, 3.63) is 70.3 Å². The SMILES string of the molecule is COc1ccc(-c2noc(C3Cc4nc[nH]c4CN3C(=O)c3cccs3)n2)cc1. The molecule has 146 valence electrons. The summed E-state index contributed by atoms with van der Waals surface area (Å²) >= 11 is 1.42. The molecule has 29 heavy (non-hydrogen) atoms. The lowest BCUT2D eigenvalue weighted by Crippen LogP contribution is -2.38. The first-order valence-electron chi connectivity index (χ1n) is 9.06. The number of carbonyl (C=O) groups excluding carboxylic acids is 1. The van der Waals surface area contributed by atoms with E-state index in [1.54, 1.807) is 18.3 Å². The van der Waals surface area contributed by atoms with E-state index in [9.17, 15) is 4.79 Å². The van der Waals surface area contributed by atoms with Gasteiger partial charge in [-0.15, -0.1) is 11.3 Å². The van der Waals surface area contributed by atoms with Gasteiger partial charge in [0.15, 0.2) is 0 Å². The molecule has 0 saturated heterocycles. The maximum atomic E-state index is 13.1. The quantitative estimate of drug-likeness (QED) is 0.556. The molecule has 3 aromatic heterocycles. The average molecular weight is 407 g/mol. The Morgan fingerprint density at radius 3 is 2.93 bits per heavy atom. The number of aromatic nitrogens is 4. The van der Waals surface area contributed by atoms with Gasteiger partial charge in [0.25, 0.3) is 5.91 Å². The van der Waals surface area contributed by atoms with Crippen LogP contribution in [0.1, 0.15) is 33.0 Å². The van der Waals surface area contributed by atoms with E-state index in [1.165, 1.54) is 11.3 Å². The van der Waals surface area contributed by atoms with Crippen molar-refractivity contribution in [1.29, 1.82) is 0 Å². The van der Waals surface area contributed by atoms with Crippen LogP contribution >= 0.6 is 11.3 Å². The molecule has 0 saturated carbocycles. The van der Waals surface area contributed by atoms with Crippen molar-refractivity contribution in [2.45, 2.75) is 19.0 Å². The lowest BCUT2D eigenvalue weighted by Gasteiger charge is -2.32. The number of imidazole rings is 1. The van der Waals surface area contributed by atoms with Crippen LogP contribution in [0.5, 0.6) is 5.75 Å². The van der Waals surface area contributed by atoms with Crippen molar-refractivity contribution >= 4 is 17.2 Å². The van der Waals surface area contributed by atoms with Gasteiger partial charge in [0.05, 0.1) is 36.2 Å². The molecule has 1 N–H and O–H groups in total. The zero-order chi connectivity index (χ0) is 19.8. The van der Waals surface area contributed by atoms with Crippen LogP contribution in [0.25, 0.3) is 11.4 Å². The van der Waals surface area contributed by atoms with Crippen LogP contribution in [-0.2, 0) is 13.0 Å². The Balaban J connectivity index is 1.49. The van der Waals surface area contributed by atoms with Gasteiger partial charge < -0.3 is 19.1 Å². The second kappa shape index (κ2) is 7.17. The van der Waals surface area contributed by atoms with Gasteiger partial charge in [-0.1, -0.05) is 11.2 Å². The molecule has 8 nitrogen and oxygen atoms in total. The van der Waals surface area contributed by atoms with Crippen LogP contribution < -0.4 is 4.74 Å². The van der Waals surface area contributed by atoms with E-state index in [0.29, 0.717) is 29.6 Å². The van der Waals surface area contributed by atoms with Crippen LogP contribution in [0.3, 0.4) is 0 Å². The minimum Gasteiger partial charge on any atom is -0.497 e. The molecule has 1 aromatic carbocycles. The highest BCUT2D eigenvalue weighted by molar-refractivity contribution is 7.12. The van der Waals surface area contributed by atoms with E-state index in [2.05, 4.69) is 20.1 Å². The summed E-state index contributed by atoms with van der Waals surface area (Å²) in [6, 6.07) is 10.7. The number of H-pyrrole nitrogens is 1. The standard InChI is InChI=1S/C20H17N5O3S/c1-27-13-6-4-12(5-7-13)18-23-19(28-24-18)16-9-14-15(22-11-21-14)10-25(16)20(26)17-3-2-8-29-17/h2-8,11,16H,9-10H2,1H3,(H,21,22). The van der Waals surface area contributed by atoms with Crippen molar-refractivity contribution in [2.24, 2.45) is 0 Å². The summed E-state index contributed by atoms with van der Waals surface area (Å²) in [4.78, 5) is 27.6. The van der Waals surface area contributed by atoms with Gasteiger partial charge in [-0.25, -0.2) is 4.98 Å². The summed E-state index contributed by atoms with van der Waals surface area (Å²) in [6.07, 6.45) is 2.16. The Hall–Kier alpha value is -3.46. The van der Waals surface area contributed by atoms with Crippen molar-refractivity contribution in [1.82, 2.24) is 25.0 Å². The number of hydrogen-bond acceptors (Lipinski definition) is 7. The number of carbonyl (C=O) groups is 1. The van der Waals surface area contributed by atoms with E-state index in [4.69, 9.17) is 9.26 Å². The Kier molecular flexibility index (Phi) is 4.36. The van der Waals surface area contributed by atoms with Crippen molar-refractivity contribution in [3.63, 3.8) is 0 Å². The monoisotopic (exact) mass is 407 g/mol. The molecular weight excluding hydrogens is 390 g/mol. The summed E-state index contributed by atoms with van der Waals surface area (Å²) in [5, 5.41) is 6.02. The molecule has 0 radical (unpaired) electrons. The molecule has 4 heterocycles. The summed E-state index contributed by atoms with van der Waals surface area (Å²) in [5.74, 6) is 1.56. The van der Waals surface area contributed by atoms with Crippen LogP contribution in [-0.4, -0.2) is 38.0 Å². The zero-order valence-electron chi connectivity index (χ0n) is 15.5. The molecule has 1 amide bonds. The third-order valence-electron chi connectivity index (χ3n) is 4.97. The van der Waals surface area contributed by atoms with Gasteiger partial charge in [-0.2, -0.15) is 4.98 Å². The first kappa shape index (κ1) is 17.6. The topological polar surface area (TPSA) is 97.1 Å². The lowest BCUT2D eigenvalue weighted by molar-refractivity contribution is 0.0595. The molecule has 4 aromatic rings. The highest BCUT2D eigenvalue weighted by atomic mass is 32.1. The summed E-state index contributed by atoms with van der Waals surface area (Å²) in [7, 11) is 1.62. The van der Waals surface area contributed by atoms with Gasteiger partial charge in [0.1, 0.15) is 11.8 Å². The first-order valence-corrected chi connectivity index (χ1v) is 9.94. The predicted molar refractivity (Wildman–Crippen MR) is 106 cm³/mol. The molecule has 1 aliphatic rings. The molecule has 0 bridgehead atoms. The highest BCUT2D eigenvalue weighted by Crippen LogP contribution is 2.34. The number of rotatable bonds is 4. The maximum Gasteiger partial charge on any atom is 0.264 e. The molecule has 1 aliphatic heterocycles. The Morgan fingerprint density at radius 1 is 1.31 bits per heavy atom. The number of aromatic amines is 1. The van der Waals surface area contributed by atoms with E-state index in [-0.39, 0.29) is 11.9 Å². The molecule has 1 atom stereocenters. The van der Waals surface area contributed by atoms with Crippen LogP contribution in [0.15, 0.2) is 52.6 Å². The molecule has 5 rings (SSSR count). The van der Waals surface area contributed by atoms with Crippen molar-refractivity contribution in [2.75, 3.05) is 7.11 Å². The number of ether oxygens (including phenoxy) is 1. The molecule has 0 aliphatic carbocycles. The number of nitrogens with zero attached hydrogens (tertiary/aromatic N) is 4. The van der Waals surface area contributed by atoms with E-state index < -0.39 is 0 Å². The van der Waals surface area contributed by atoms with Gasteiger partial charge >= 0.3 is 0 Å². The molecule has 1 unspecified atom stereocenters. The minimum atomic E-state index is -0.375. The third-order valence-corrected chi connectivity index (χ3v) is 5.82. The smallest absolute Gasteiger partial charge is 0.264 e. The highest BCUT2D eigenvalue weighted by Gasteiger charge is 2.36. The fourth-order valence-corrected chi connectivity index (χ4v) is 4.12. The van der Waals surface area contributed by atoms with E-state index in [0.717, 1.165) is 22.7 Å². The Morgan fingerprint density at radius 2 is 2.17 bits per heavy atom. The molecular formula is C20H17N5O3S. The second-order valence-corrected chi connectivity index (χ2v) is 7.59. The number of thiophene rings is 1. The van der Waals surface area contributed by atoms with E-state index >= 15 is 0 Å². The first-order chi connectivity index (χ1) is 14.2. The molecule has 0 spiro atoms. The van der Waals surface area contributed by atoms with Crippen molar-refractivity contribution < 1.29 is 14.1 Å². The lowest BCUT2D eigenvalue weighted by atomic mass is 10.0. The zero-order valence-corrected chi connectivity index (χ0v) is 16.3. The largest absolute Gasteiger partial charge is 0.497 e. The third kappa shape index (κ3) is 3.19. The number of fused-ring (bicyclic) bond motifs is 1. The minimum absolute atomic E-state index is 0.0607. The normalized spacial score (nSPS) is 15.9. The summed E-state index contributed by atoms with van der Waals surface area (Å²) < 4.78 is 10.8. The second-order valence-electron chi connectivity index (χ2n) is 6.64. The van der Waals surface area contributed by atoms with Gasteiger partial charge in [-0.05, 0) is 35.7 Å².